The van der Waals surface area contributed by atoms with E-state index in [1.165, 1.54) is 26.2 Å². The number of carbonyl (C=O) groups excluding carboxylic acids is 4. The van der Waals surface area contributed by atoms with Crippen molar-refractivity contribution in [2.45, 2.75) is 50.9 Å². The third-order valence-corrected chi connectivity index (χ3v) is 4.69. The van der Waals surface area contributed by atoms with Crippen LogP contribution in [0.25, 0.3) is 0 Å². The second-order valence-corrected chi connectivity index (χ2v) is 7.74. The molecule has 2 heterocycles. The molecule has 0 saturated carbocycles. The number of imidazole rings is 2. The van der Waals surface area contributed by atoms with Gasteiger partial charge in [0.1, 0.15) is 0 Å². The Labute approximate surface area is 212 Å². The Hall–Kier alpha value is -3.26. The fourth-order valence-corrected chi connectivity index (χ4v) is 2.57. The van der Waals surface area contributed by atoms with Gasteiger partial charge in [-0.2, -0.15) is 0 Å². The van der Waals surface area contributed by atoms with E-state index in [0.717, 1.165) is 0 Å². The first-order valence-corrected chi connectivity index (χ1v) is 10.3. The molecule has 6 N–H and O–H groups in total. The molecule has 0 aliphatic rings. The number of amides is 2. The average Bonchev–Trinajstić information content (AvgIpc) is 3.34. The van der Waals surface area contributed by atoms with Gasteiger partial charge in [0, 0.05) is 50.7 Å². The van der Waals surface area contributed by atoms with E-state index in [4.69, 9.17) is 11.5 Å². The minimum absolute atomic E-state index is 0. The Morgan fingerprint density at radius 2 is 1.14 bits per heavy atom. The van der Waals surface area contributed by atoms with E-state index in [1.54, 1.807) is 35.9 Å². The van der Waals surface area contributed by atoms with Crippen LogP contribution >= 0.6 is 0 Å². The Balaban J connectivity index is 0.000000642. The molecule has 14 nitrogen and oxygen atoms in total. The summed E-state index contributed by atoms with van der Waals surface area (Å²) in [4.78, 5) is 52.2. The number of nitrogens with zero attached hydrogens (tertiary/aromatic N) is 4. The number of hydrogen-bond donors (Lipinski definition) is 4. The normalized spacial score (nSPS) is 13.7. The van der Waals surface area contributed by atoms with E-state index in [1.807, 2.05) is 0 Å². The van der Waals surface area contributed by atoms with Crippen LogP contribution in [-0.2, 0) is 63.2 Å². The Morgan fingerprint density at radius 1 is 0.829 bits per heavy atom. The summed E-state index contributed by atoms with van der Waals surface area (Å²) in [6.07, 6.45) is 6.39. The van der Waals surface area contributed by atoms with Gasteiger partial charge in [-0.15, -0.1) is 0 Å². The van der Waals surface area contributed by atoms with Crippen LogP contribution < -0.4 is 32.3 Å². The maximum Gasteiger partial charge on any atom is 2.00 e. The number of aromatic nitrogens is 4. The van der Waals surface area contributed by atoms with E-state index >= 15 is 0 Å². The largest absolute Gasteiger partial charge is 2.00 e. The van der Waals surface area contributed by atoms with Gasteiger partial charge in [0.25, 0.3) is 0 Å². The number of carbonyl (C=O) groups is 4. The molecule has 0 spiro atoms. The number of hydrogen-bond acceptors (Lipinski definition) is 10. The molecule has 2 aromatic rings. The average molecular weight is 533 g/mol. The Morgan fingerprint density at radius 3 is 1.34 bits per heavy atom. The van der Waals surface area contributed by atoms with Gasteiger partial charge in [0.15, 0.2) is 0 Å². The number of carboxylic acid groups (broad SMARTS) is 2. The number of aryl methyl sites for hydroxylation is 2. The number of aliphatic carboxylic acids is 2. The first-order valence-electron chi connectivity index (χ1n) is 10.3. The fraction of sp³-hybridized carbons (Fsp3) is 0.500. The van der Waals surface area contributed by atoms with Crippen LogP contribution in [0.5, 0.6) is 0 Å². The van der Waals surface area contributed by atoms with E-state index < -0.39 is 47.9 Å². The van der Waals surface area contributed by atoms with Crippen molar-refractivity contribution in [1.82, 2.24) is 29.7 Å². The molecule has 0 fully saturated rings. The minimum Gasteiger partial charge on any atom is -0.548 e. The summed E-state index contributed by atoms with van der Waals surface area (Å²) in [6.45, 7) is 2.96. The van der Waals surface area contributed by atoms with Crippen molar-refractivity contribution in [3.63, 3.8) is 0 Å². The molecule has 0 aliphatic carbocycles. The van der Waals surface area contributed by atoms with Gasteiger partial charge in [0.05, 0.1) is 48.8 Å². The summed E-state index contributed by atoms with van der Waals surface area (Å²) in [7, 11) is 3.48. The molecule has 0 aliphatic heterocycles. The summed E-state index contributed by atoms with van der Waals surface area (Å²) in [5, 5.41) is 26.4. The van der Waals surface area contributed by atoms with Gasteiger partial charge in [-0.05, 0) is 13.8 Å². The van der Waals surface area contributed by atoms with Gasteiger partial charge in [-0.25, -0.2) is 9.97 Å². The van der Waals surface area contributed by atoms with Gasteiger partial charge in [0.2, 0.25) is 11.8 Å². The van der Waals surface area contributed by atoms with Crippen LogP contribution in [0.2, 0.25) is 0 Å². The minimum atomic E-state index is -1.35. The van der Waals surface area contributed by atoms with Crippen LogP contribution in [0.4, 0.5) is 0 Å². The molecule has 0 unspecified atom stereocenters. The quantitative estimate of drug-likeness (QED) is 0.213. The molecule has 35 heavy (non-hydrogen) atoms. The third kappa shape index (κ3) is 10.7. The summed E-state index contributed by atoms with van der Waals surface area (Å²) >= 11 is 0. The van der Waals surface area contributed by atoms with Gasteiger partial charge in [-0.3, -0.25) is 9.59 Å². The van der Waals surface area contributed by atoms with Gasteiger partial charge in [-0.1, -0.05) is 0 Å². The van der Waals surface area contributed by atoms with Crippen LogP contribution in [0.3, 0.4) is 0 Å². The first-order chi connectivity index (χ1) is 15.8. The van der Waals surface area contributed by atoms with Crippen molar-refractivity contribution in [1.29, 1.82) is 0 Å². The van der Waals surface area contributed by atoms with Crippen molar-refractivity contribution in [3.05, 3.63) is 36.4 Å². The van der Waals surface area contributed by atoms with Gasteiger partial charge < -0.3 is 51.0 Å². The summed E-state index contributed by atoms with van der Waals surface area (Å²) in [5.74, 6) is -3.75. The van der Waals surface area contributed by atoms with Crippen molar-refractivity contribution < 1.29 is 46.5 Å². The van der Waals surface area contributed by atoms with Crippen molar-refractivity contribution in [2.24, 2.45) is 25.6 Å². The van der Waals surface area contributed by atoms with E-state index in [2.05, 4.69) is 20.6 Å². The third-order valence-electron chi connectivity index (χ3n) is 4.69. The monoisotopic (exact) mass is 533 g/mol. The molecule has 4 atom stereocenters. The van der Waals surface area contributed by atoms with Crippen LogP contribution in [0.1, 0.15) is 25.2 Å². The molecule has 0 aromatic carbocycles. The van der Waals surface area contributed by atoms with Crippen molar-refractivity contribution in [2.75, 3.05) is 0 Å². The zero-order chi connectivity index (χ0) is 26.0. The second kappa shape index (κ2) is 14.9. The molecule has 2 rings (SSSR count). The Bertz CT molecular complexity index is 912. The molecule has 0 bridgehead atoms. The molecular weight excluding hydrogens is 503 g/mol. The molecule has 15 heteroatoms. The van der Waals surface area contributed by atoms with E-state index in [-0.39, 0.29) is 29.9 Å². The summed E-state index contributed by atoms with van der Waals surface area (Å²) < 4.78 is 3.35. The molecule has 2 aromatic heterocycles. The van der Waals surface area contributed by atoms with Crippen LogP contribution in [0.15, 0.2) is 25.0 Å². The predicted octanol–water partition coefficient (Wildman–Crippen LogP) is -4.91. The molecule has 193 valence electrons. The standard InChI is InChI=1S/2C10H16N4O3.Mn/c2*1-6(11)9(15)13-8(10(16)17)3-7-4-12-5-14(7)2;/h2*4-6,8H,3,11H2,1-2H3,(H,13,15)(H,16,17);/q;;+2/p-2/t2*6-,8-;/m00./s1. The zero-order valence-corrected chi connectivity index (χ0v) is 21.0. The summed E-state index contributed by atoms with van der Waals surface area (Å²) in [6, 6.07) is -3.74. The molecule has 1 radical (unpaired) electrons. The number of carboxylic acids is 2. The smallest absolute Gasteiger partial charge is 0.548 e. The first kappa shape index (κ1) is 31.7. The fourth-order valence-electron chi connectivity index (χ4n) is 2.57. The van der Waals surface area contributed by atoms with E-state index in [9.17, 15) is 29.4 Å². The Kier molecular flexibility index (Phi) is 13.5. The summed E-state index contributed by atoms with van der Waals surface area (Å²) in [5.41, 5.74) is 12.1. The second-order valence-electron chi connectivity index (χ2n) is 7.74. The molecular formula is C20H30MnN8O6. The SMILES string of the molecule is C[C@H](N)C(=O)N[C@@H](Cc1cncn1C)C(=O)[O-].C[C@H](N)C(=O)N[C@@H](Cc1cncn1C)C(=O)[O-].[Mn+2]. The number of nitrogens with two attached hydrogens (primary N) is 2. The van der Waals surface area contributed by atoms with Crippen molar-refractivity contribution >= 4 is 23.8 Å². The van der Waals surface area contributed by atoms with Crippen LogP contribution in [-0.4, -0.2) is 67.0 Å². The number of rotatable bonds is 10. The predicted molar refractivity (Wildman–Crippen MR) is 115 cm³/mol. The maximum atomic E-state index is 11.3. The van der Waals surface area contributed by atoms with E-state index in [0.29, 0.717) is 11.4 Å². The molecule has 2 amide bonds. The zero-order valence-electron chi connectivity index (χ0n) is 19.8. The maximum absolute atomic E-state index is 11.3. The number of nitrogens with one attached hydrogen (secondary N) is 2. The van der Waals surface area contributed by atoms with Crippen molar-refractivity contribution in [3.8, 4) is 0 Å². The topological polar surface area (TPSA) is 226 Å². The molecule has 0 saturated heterocycles. The van der Waals surface area contributed by atoms with Crippen LogP contribution in [0, 0.1) is 0 Å². The van der Waals surface area contributed by atoms with Gasteiger partial charge >= 0.3 is 17.1 Å².